The van der Waals surface area contributed by atoms with Crippen LogP contribution in [0.4, 0.5) is 0 Å². The van der Waals surface area contributed by atoms with Gasteiger partial charge in [-0.3, -0.25) is 0 Å². The van der Waals surface area contributed by atoms with Gasteiger partial charge in [0.25, 0.3) is 0 Å². The van der Waals surface area contributed by atoms with Crippen LogP contribution in [0, 0.1) is 11.3 Å². The van der Waals surface area contributed by atoms with E-state index in [4.69, 9.17) is 14.7 Å². The predicted octanol–water partition coefficient (Wildman–Crippen LogP) is 4.82. The highest BCUT2D eigenvalue weighted by molar-refractivity contribution is 9.08. The number of benzene rings is 2. The van der Waals surface area contributed by atoms with E-state index in [2.05, 4.69) is 22.0 Å². The lowest BCUT2D eigenvalue weighted by atomic mass is 10.1. The van der Waals surface area contributed by atoms with Gasteiger partial charge >= 0.3 is 0 Å². The summed E-state index contributed by atoms with van der Waals surface area (Å²) in [6.07, 6.45) is 0.0860. The van der Waals surface area contributed by atoms with Gasteiger partial charge in [-0.25, -0.2) is 0 Å². The molecular formula is C18H18BrNO2. The third kappa shape index (κ3) is 4.51. The van der Waals surface area contributed by atoms with Gasteiger partial charge in [0.2, 0.25) is 0 Å². The normalized spacial score (nSPS) is 10.3. The Morgan fingerprint density at radius 3 is 2.32 bits per heavy atom. The highest BCUT2D eigenvalue weighted by Crippen LogP contribution is 2.30. The van der Waals surface area contributed by atoms with Crippen molar-refractivity contribution in [1.82, 2.24) is 0 Å². The zero-order valence-electron chi connectivity index (χ0n) is 12.7. The molecule has 2 aromatic carbocycles. The molecule has 0 aliphatic rings. The number of nitrogens with zero attached hydrogens (tertiary/aromatic N) is 1. The molecule has 0 saturated heterocycles. The van der Waals surface area contributed by atoms with Crippen LogP contribution in [0.3, 0.4) is 0 Å². The van der Waals surface area contributed by atoms with Gasteiger partial charge in [-0.15, -0.1) is 0 Å². The van der Waals surface area contributed by atoms with Crippen molar-refractivity contribution in [3.8, 4) is 17.6 Å². The first-order valence-corrected chi connectivity index (χ1v) is 8.22. The first kappa shape index (κ1) is 16.4. The van der Waals surface area contributed by atoms with Gasteiger partial charge in [0.05, 0.1) is 17.7 Å². The van der Waals surface area contributed by atoms with E-state index in [-0.39, 0.29) is 6.10 Å². The lowest BCUT2D eigenvalue weighted by molar-refractivity contribution is 0.218. The van der Waals surface area contributed by atoms with Crippen molar-refractivity contribution in [3.63, 3.8) is 0 Å². The highest BCUT2D eigenvalue weighted by atomic mass is 79.9. The summed E-state index contributed by atoms with van der Waals surface area (Å²) in [5.74, 6) is 1.48. The van der Waals surface area contributed by atoms with E-state index in [1.165, 1.54) is 0 Å². The molecule has 0 atom stereocenters. The van der Waals surface area contributed by atoms with Gasteiger partial charge in [0, 0.05) is 5.33 Å². The van der Waals surface area contributed by atoms with E-state index in [1.54, 1.807) is 12.1 Å². The van der Waals surface area contributed by atoms with E-state index in [0.717, 1.165) is 28.0 Å². The van der Waals surface area contributed by atoms with Crippen LogP contribution in [0.2, 0.25) is 0 Å². The maximum absolute atomic E-state index is 8.80. The van der Waals surface area contributed by atoms with Crippen LogP contribution in [-0.4, -0.2) is 6.10 Å². The summed E-state index contributed by atoms with van der Waals surface area (Å²) in [7, 11) is 0. The average molecular weight is 360 g/mol. The lowest BCUT2D eigenvalue weighted by Gasteiger charge is -2.16. The second-order valence-corrected chi connectivity index (χ2v) is 5.74. The molecule has 0 saturated carbocycles. The van der Waals surface area contributed by atoms with E-state index in [9.17, 15) is 0 Å². The fourth-order valence-corrected chi connectivity index (χ4v) is 2.29. The van der Waals surface area contributed by atoms with Crippen molar-refractivity contribution >= 4 is 15.9 Å². The van der Waals surface area contributed by atoms with Crippen molar-refractivity contribution in [3.05, 3.63) is 59.2 Å². The van der Waals surface area contributed by atoms with E-state index in [1.807, 2.05) is 44.2 Å². The van der Waals surface area contributed by atoms with Gasteiger partial charge in [0.1, 0.15) is 6.61 Å². The van der Waals surface area contributed by atoms with E-state index < -0.39 is 0 Å². The molecule has 4 heteroatoms. The molecule has 2 aromatic rings. The number of halogens is 1. The maximum atomic E-state index is 8.80. The molecule has 0 aliphatic heterocycles. The van der Waals surface area contributed by atoms with Crippen LogP contribution in [0.15, 0.2) is 42.5 Å². The van der Waals surface area contributed by atoms with E-state index in [0.29, 0.717) is 12.2 Å². The number of ether oxygens (including phenoxy) is 2. The zero-order chi connectivity index (χ0) is 15.9. The summed E-state index contributed by atoms with van der Waals surface area (Å²) in [5.41, 5.74) is 2.80. The Kier molecular flexibility index (Phi) is 5.85. The molecule has 0 heterocycles. The number of rotatable bonds is 6. The minimum Gasteiger partial charge on any atom is -0.487 e. The molecule has 0 amide bonds. The SMILES string of the molecule is CC(C)Oc1cc(CBr)ccc1OCc1ccc(C#N)cc1. The summed E-state index contributed by atoms with van der Waals surface area (Å²) in [6, 6.07) is 15.4. The van der Waals surface area contributed by atoms with Crippen LogP contribution < -0.4 is 9.47 Å². The Morgan fingerprint density at radius 1 is 1.05 bits per heavy atom. The van der Waals surface area contributed by atoms with Crippen LogP contribution in [0.25, 0.3) is 0 Å². The number of hydrogen-bond acceptors (Lipinski definition) is 3. The molecule has 2 rings (SSSR count). The first-order valence-electron chi connectivity index (χ1n) is 7.09. The summed E-state index contributed by atoms with van der Waals surface area (Å²) in [4.78, 5) is 0. The summed E-state index contributed by atoms with van der Waals surface area (Å²) in [5, 5.41) is 9.58. The second-order valence-electron chi connectivity index (χ2n) is 5.18. The van der Waals surface area contributed by atoms with Crippen molar-refractivity contribution in [1.29, 1.82) is 5.26 Å². The fourth-order valence-electron chi connectivity index (χ4n) is 1.94. The molecule has 0 radical (unpaired) electrons. The third-order valence-corrected chi connectivity index (χ3v) is 3.65. The Morgan fingerprint density at radius 2 is 1.73 bits per heavy atom. The highest BCUT2D eigenvalue weighted by Gasteiger charge is 2.09. The molecule has 0 aliphatic carbocycles. The van der Waals surface area contributed by atoms with Gasteiger partial charge in [-0.2, -0.15) is 5.26 Å². The minimum absolute atomic E-state index is 0.0860. The standard InChI is InChI=1S/C18H18BrNO2/c1-13(2)22-18-9-16(10-19)7-8-17(18)21-12-15-5-3-14(11-20)4-6-15/h3-9,13H,10,12H2,1-2H3. The van der Waals surface area contributed by atoms with Crippen LogP contribution >= 0.6 is 15.9 Å². The molecule has 0 aromatic heterocycles. The number of nitriles is 1. The Hall–Kier alpha value is -1.99. The average Bonchev–Trinajstić information content (AvgIpc) is 2.53. The van der Waals surface area contributed by atoms with Gasteiger partial charge in [0.15, 0.2) is 11.5 Å². The molecule has 114 valence electrons. The molecule has 22 heavy (non-hydrogen) atoms. The largest absolute Gasteiger partial charge is 0.487 e. The Balaban J connectivity index is 2.12. The molecule has 0 unspecified atom stereocenters. The monoisotopic (exact) mass is 359 g/mol. The molecule has 0 N–H and O–H groups in total. The molecular weight excluding hydrogens is 342 g/mol. The maximum Gasteiger partial charge on any atom is 0.161 e. The van der Waals surface area contributed by atoms with Crippen molar-refractivity contribution in [2.45, 2.75) is 31.9 Å². The topological polar surface area (TPSA) is 42.2 Å². The van der Waals surface area contributed by atoms with Gasteiger partial charge in [-0.1, -0.05) is 34.1 Å². The molecule has 3 nitrogen and oxygen atoms in total. The Bertz CT molecular complexity index is 660. The summed E-state index contributed by atoms with van der Waals surface area (Å²) in [6.45, 7) is 4.42. The predicted molar refractivity (Wildman–Crippen MR) is 90.3 cm³/mol. The molecule has 0 fully saturated rings. The van der Waals surface area contributed by atoms with Crippen LogP contribution in [-0.2, 0) is 11.9 Å². The zero-order valence-corrected chi connectivity index (χ0v) is 14.3. The molecule has 0 spiro atoms. The lowest BCUT2D eigenvalue weighted by Crippen LogP contribution is -2.07. The van der Waals surface area contributed by atoms with Crippen molar-refractivity contribution < 1.29 is 9.47 Å². The smallest absolute Gasteiger partial charge is 0.161 e. The van der Waals surface area contributed by atoms with Crippen LogP contribution in [0.5, 0.6) is 11.5 Å². The fraction of sp³-hybridized carbons (Fsp3) is 0.278. The quantitative estimate of drug-likeness (QED) is 0.694. The van der Waals surface area contributed by atoms with Crippen molar-refractivity contribution in [2.75, 3.05) is 0 Å². The second kappa shape index (κ2) is 7.86. The summed E-state index contributed by atoms with van der Waals surface area (Å²) >= 11 is 3.45. The minimum atomic E-state index is 0.0860. The summed E-state index contributed by atoms with van der Waals surface area (Å²) < 4.78 is 11.7. The Labute approximate surface area is 139 Å². The van der Waals surface area contributed by atoms with E-state index >= 15 is 0 Å². The van der Waals surface area contributed by atoms with Crippen LogP contribution in [0.1, 0.15) is 30.5 Å². The third-order valence-electron chi connectivity index (χ3n) is 3.00. The number of alkyl halides is 1. The van der Waals surface area contributed by atoms with Crippen molar-refractivity contribution in [2.24, 2.45) is 0 Å². The van der Waals surface area contributed by atoms with Gasteiger partial charge in [-0.05, 0) is 49.2 Å². The molecule has 0 bridgehead atoms. The first-order chi connectivity index (χ1) is 10.6. The number of hydrogen-bond donors (Lipinski definition) is 0. The van der Waals surface area contributed by atoms with Gasteiger partial charge < -0.3 is 9.47 Å².